The maximum Gasteiger partial charge on any atom is 0.338 e. The van der Waals surface area contributed by atoms with Crippen LogP contribution in [0, 0.1) is 0 Å². The van der Waals surface area contributed by atoms with Crippen molar-refractivity contribution in [3.63, 3.8) is 0 Å². The van der Waals surface area contributed by atoms with Crippen molar-refractivity contribution in [3.05, 3.63) is 63.5 Å². The Bertz CT molecular complexity index is 846. The van der Waals surface area contributed by atoms with E-state index in [1.807, 2.05) is 35.7 Å². The van der Waals surface area contributed by atoms with Crippen LogP contribution in [0.25, 0.3) is 0 Å². The van der Waals surface area contributed by atoms with Crippen LogP contribution >= 0.6 is 11.3 Å². The molecule has 1 unspecified atom stereocenters. The first-order chi connectivity index (χ1) is 13.1. The normalized spacial score (nSPS) is 16.5. The number of urea groups is 1. The van der Waals surface area contributed by atoms with Crippen LogP contribution in [0.5, 0.6) is 0 Å². The summed E-state index contributed by atoms with van der Waals surface area (Å²) in [6.07, 6.45) is 0.888. The fraction of sp³-hybridized carbons (Fsp3) is 0.300. The highest BCUT2D eigenvalue weighted by Crippen LogP contribution is 2.31. The molecule has 0 aliphatic carbocycles. The molecule has 0 saturated heterocycles. The summed E-state index contributed by atoms with van der Waals surface area (Å²) in [5, 5.41) is 10.9. The number of para-hydroxylation sites is 1. The summed E-state index contributed by atoms with van der Waals surface area (Å²) in [5.41, 5.74) is 3.11. The standard InChI is InChI=1S/C20H23N3O3S/c1-3-13-8-5-6-9-14(13)21-12-15-17(19(24)26-4-2)18(23-20(25)22-15)16-10-7-11-27-16/h5-11,18,21H,3-4,12H2,1-2H3,(H2,22,23,25). The lowest BCUT2D eigenvalue weighted by atomic mass is 10.0. The first kappa shape index (κ1) is 19.0. The van der Waals surface area contributed by atoms with Gasteiger partial charge in [0.25, 0.3) is 0 Å². The van der Waals surface area contributed by atoms with Gasteiger partial charge in [-0.2, -0.15) is 0 Å². The molecule has 3 N–H and O–H groups in total. The van der Waals surface area contributed by atoms with Crippen LogP contribution in [0.4, 0.5) is 10.5 Å². The SMILES string of the molecule is CCOC(=O)C1=C(CNc2ccccc2CC)NC(=O)NC1c1cccs1. The van der Waals surface area contributed by atoms with Crippen LogP contribution in [-0.2, 0) is 16.0 Å². The smallest absolute Gasteiger partial charge is 0.338 e. The summed E-state index contributed by atoms with van der Waals surface area (Å²) >= 11 is 1.49. The van der Waals surface area contributed by atoms with Gasteiger partial charge in [0, 0.05) is 10.6 Å². The zero-order chi connectivity index (χ0) is 19.2. The molecular weight excluding hydrogens is 362 g/mol. The minimum absolute atomic E-state index is 0.271. The molecule has 2 aromatic rings. The number of thiophene rings is 1. The van der Waals surface area contributed by atoms with Gasteiger partial charge >= 0.3 is 12.0 Å². The van der Waals surface area contributed by atoms with Crippen molar-refractivity contribution in [2.24, 2.45) is 0 Å². The van der Waals surface area contributed by atoms with Gasteiger partial charge in [0.15, 0.2) is 0 Å². The van der Waals surface area contributed by atoms with Gasteiger partial charge < -0.3 is 20.7 Å². The van der Waals surface area contributed by atoms with Crippen LogP contribution < -0.4 is 16.0 Å². The number of nitrogens with one attached hydrogen (secondary N) is 3. The predicted octanol–water partition coefficient (Wildman–Crippen LogP) is 3.59. The van der Waals surface area contributed by atoms with E-state index in [4.69, 9.17) is 4.74 Å². The first-order valence-corrected chi connectivity index (χ1v) is 9.84. The number of hydrogen-bond donors (Lipinski definition) is 3. The molecule has 3 rings (SSSR count). The highest BCUT2D eigenvalue weighted by Gasteiger charge is 2.34. The molecule has 1 aromatic carbocycles. The lowest BCUT2D eigenvalue weighted by Gasteiger charge is -2.29. The number of carbonyl (C=O) groups excluding carboxylic acids is 2. The quantitative estimate of drug-likeness (QED) is 0.637. The van der Waals surface area contributed by atoms with E-state index in [-0.39, 0.29) is 12.6 Å². The van der Waals surface area contributed by atoms with Gasteiger partial charge in [-0.05, 0) is 36.4 Å². The molecule has 1 atom stereocenters. The van der Waals surface area contributed by atoms with Crippen LogP contribution in [0.3, 0.4) is 0 Å². The summed E-state index contributed by atoms with van der Waals surface area (Å²) in [7, 11) is 0. The van der Waals surface area contributed by atoms with Crippen molar-refractivity contribution >= 4 is 29.0 Å². The summed E-state index contributed by atoms with van der Waals surface area (Å²) in [6, 6.07) is 10.9. The molecule has 6 nitrogen and oxygen atoms in total. The summed E-state index contributed by atoms with van der Waals surface area (Å²) in [5.74, 6) is -0.427. The van der Waals surface area contributed by atoms with E-state index in [9.17, 15) is 9.59 Å². The fourth-order valence-electron chi connectivity index (χ4n) is 3.06. The number of aryl methyl sites for hydroxylation is 1. The number of rotatable bonds is 7. The maximum absolute atomic E-state index is 12.7. The Kier molecular flexibility index (Phi) is 6.13. The Morgan fingerprint density at radius 3 is 2.74 bits per heavy atom. The molecule has 0 radical (unpaired) electrons. The van der Waals surface area contributed by atoms with Crippen LogP contribution in [0.1, 0.15) is 30.3 Å². The molecule has 1 aliphatic heterocycles. The minimum Gasteiger partial charge on any atom is -0.463 e. The van der Waals surface area contributed by atoms with Gasteiger partial charge in [-0.3, -0.25) is 0 Å². The first-order valence-electron chi connectivity index (χ1n) is 8.96. The number of benzene rings is 1. The van der Waals surface area contributed by atoms with Crippen molar-refractivity contribution in [2.45, 2.75) is 26.3 Å². The van der Waals surface area contributed by atoms with Gasteiger partial charge in [0.05, 0.1) is 30.5 Å². The van der Waals surface area contributed by atoms with Crippen LogP contribution in [-0.4, -0.2) is 25.2 Å². The molecule has 0 fully saturated rings. The summed E-state index contributed by atoms with van der Waals surface area (Å²) < 4.78 is 5.26. The number of anilines is 1. The van der Waals surface area contributed by atoms with Gasteiger partial charge in [0.1, 0.15) is 0 Å². The monoisotopic (exact) mass is 385 g/mol. The number of hydrogen-bond acceptors (Lipinski definition) is 5. The number of esters is 1. The third-order valence-electron chi connectivity index (χ3n) is 4.33. The zero-order valence-electron chi connectivity index (χ0n) is 15.4. The van der Waals surface area contributed by atoms with Crippen molar-refractivity contribution in [2.75, 3.05) is 18.5 Å². The number of carbonyl (C=O) groups is 2. The van der Waals surface area contributed by atoms with E-state index < -0.39 is 12.0 Å². The Balaban J connectivity index is 1.94. The Morgan fingerprint density at radius 2 is 2.04 bits per heavy atom. The van der Waals surface area contributed by atoms with Gasteiger partial charge in [-0.25, -0.2) is 9.59 Å². The molecule has 0 bridgehead atoms. The lowest BCUT2D eigenvalue weighted by Crippen LogP contribution is -2.47. The largest absolute Gasteiger partial charge is 0.463 e. The molecule has 1 aromatic heterocycles. The van der Waals surface area contributed by atoms with E-state index in [0.717, 1.165) is 17.0 Å². The van der Waals surface area contributed by atoms with Gasteiger partial charge in [-0.1, -0.05) is 31.2 Å². The lowest BCUT2D eigenvalue weighted by molar-refractivity contribution is -0.139. The molecule has 27 heavy (non-hydrogen) atoms. The van der Waals surface area contributed by atoms with Crippen molar-refractivity contribution in [1.29, 1.82) is 0 Å². The molecule has 142 valence electrons. The molecule has 0 saturated carbocycles. The highest BCUT2D eigenvalue weighted by molar-refractivity contribution is 7.10. The molecule has 2 heterocycles. The highest BCUT2D eigenvalue weighted by atomic mass is 32.1. The molecule has 1 aliphatic rings. The van der Waals surface area contributed by atoms with Gasteiger partial charge in [0.2, 0.25) is 0 Å². The number of amides is 2. The van der Waals surface area contributed by atoms with E-state index in [1.165, 1.54) is 16.9 Å². The topological polar surface area (TPSA) is 79.5 Å². The van der Waals surface area contributed by atoms with Crippen molar-refractivity contribution in [1.82, 2.24) is 10.6 Å². The van der Waals surface area contributed by atoms with E-state index in [0.29, 0.717) is 17.8 Å². The second-order valence-corrected chi connectivity index (χ2v) is 7.00. The zero-order valence-corrected chi connectivity index (χ0v) is 16.2. The minimum atomic E-state index is -0.518. The Morgan fingerprint density at radius 1 is 1.22 bits per heavy atom. The average molecular weight is 385 g/mol. The third kappa shape index (κ3) is 4.31. The second-order valence-electron chi connectivity index (χ2n) is 6.02. The molecule has 0 spiro atoms. The molecule has 7 heteroatoms. The average Bonchev–Trinajstić information content (AvgIpc) is 3.21. The Labute approximate surface area is 162 Å². The van der Waals surface area contributed by atoms with E-state index in [2.05, 4.69) is 28.9 Å². The fourth-order valence-corrected chi connectivity index (χ4v) is 3.85. The predicted molar refractivity (Wildman–Crippen MR) is 107 cm³/mol. The van der Waals surface area contributed by atoms with E-state index in [1.54, 1.807) is 6.92 Å². The third-order valence-corrected chi connectivity index (χ3v) is 5.27. The Hall–Kier alpha value is -2.80. The molecular formula is C20H23N3O3S. The van der Waals surface area contributed by atoms with Crippen LogP contribution in [0.2, 0.25) is 0 Å². The van der Waals surface area contributed by atoms with Crippen LogP contribution in [0.15, 0.2) is 53.0 Å². The summed E-state index contributed by atoms with van der Waals surface area (Å²) in [4.78, 5) is 25.8. The maximum atomic E-state index is 12.7. The summed E-state index contributed by atoms with van der Waals surface area (Å²) in [6.45, 7) is 4.44. The van der Waals surface area contributed by atoms with Gasteiger partial charge in [-0.15, -0.1) is 11.3 Å². The van der Waals surface area contributed by atoms with E-state index >= 15 is 0 Å². The van der Waals surface area contributed by atoms with Crippen molar-refractivity contribution in [3.8, 4) is 0 Å². The number of ether oxygens (including phenoxy) is 1. The second kappa shape index (κ2) is 8.73. The molecule has 2 amide bonds. The van der Waals surface area contributed by atoms with Crippen molar-refractivity contribution < 1.29 is 14.3 Å².